The highest BCUT2D eigenvalue weighted by atomic mass is 16.5. The Morgan fingerprint density at radius 1 is 0.941 bits per heavy atom. The predicted octanol–water partition coefficient (Wildman–Crippen LogP) is 4.52. The SMILES string of the molecule is CCC(=Cc1ccccc1)Oc1ccccc1. The highest BCUT2D eigenvalue weighted by Crippen LogP contribution is 2.17. The number of hydrogen-bond acceptors (Lipinski definition) is 1. The third-order valence-corrected chi connectivity index (χ3v) is 2.47. The van der Waals surface area contributed by atoms with Gasteiger partial charge in [0, 0.05) is 6.42 Å². The molecule has 0 aromatic heterocycles. The van der Waals surface area contributed by atoms with Crippen LogP contribution in [0.3, 0.4) is 0 Å². The molecule has 2 aromatic carbocycles. The van der Waals surface area contributed by atoms with Gasteiger partial charge < -0.3 is 4.74 Å². The van der Waals surface area contributed by atoms with Gasteiger partial charge in [0.2, 0.25) is 0 Å². The first-order valence-electron chi connectivity index (χ1n) is 5.87. The minimum atomic E-state index is 0.879. The van der Waals surface area contributed by atoms with Crippen molar-refractivity contribution in [3.05, 3.63) is 72.0 Å². The van der Waals surface area contributed by atoms with Crippen LogP contribution in [-0.4, -0.2) is 0 Å². The zero-order valence-electron chi connectivity index (χ0n) is 9.97. The average Bonchev–Trinajstić information content (AvgIpc) is 2.40. The summed E-state index contributed by atoms with van der Waals surface area (Å²) in [6.07, 6.45) is 2.96. The molecule has 0 radical (unpaired) electrons. The molecule has 2 rings (SSSR count). The molecule has 0 spiro atoms. The Balaban J connectivity index is 2.15. The minimum absolute atomic E-state index is 0.879. The van der Waals surface area contributed by atoms with Gasteiger partial charge in [-0.1, -0.05) is 55.5 Å². The van der Waals surface area contributed by atoms with Crippen LogP contribution in [0, 0.1) is 0 Å². The average molecular weight is 224 g/mol. The molecule has 2 aromatic rings. The smallest absolute Gasteiger partial charge is 0.126 e. The molecular weight excluding hydrogens is 208 g/mol. The molecule has 0 fully saturated rings. The Morgan fingerprint density at radius 2 is 1.53 bits per heavy atom. The Morgan fingerprint density at radius 3 is 2.12 bits per heavy atom. The maximum atomic E-state index is 5.83. The highest BCUT2D eigenvalue weighted by Gasteiger charge is 1.98. The molecule has 0 amide bonds. The lowest BCUT2D eigenvalue weighted by Crippen LogP contribution is -1.93. The highest BCUT2D eigenvalue weighted by molar-refractivity contribution is 5.51. The number of hydrogen-bond donors (Lipinski definition) is 0. The van der Waals surface area contributed by atoms with Crippen molar-refractivity contribution < 1.29 is 4.74 Å². The zero-order valence-corrected chi connectivity index (χ0v) is 9.97. The van der Waals surface area contributed by atoms with Gasteiger partial charge in [0.25, 0.3) is 0 Å². The van der Waals surface area contributed by atoms with Crippen molar-refractivity contribution in [2.45, 2.75) is 13.3 Å². The molecule has 0 saturated heterocycles. The lowest BCUT2D eigenvalue weighted by Gasteiger charge is -2.08. The minimum Gasteiger partial charge on any atom is -0.462 e. The summed E-state index contributed by atoms with van der Waals surface area (Å²) in [4.78, 5) is 0. The third-order valence-electron chi connectivity index (χ3n) is 2.47. The molecule has 0 N–H and O–H groups in total. The number of rotatable bonds is 4. The van der Waals surface area contributed by atoms with E-state index in [1.165, 1.54) is 5.56 Å². The lowest BCUT2D eigenvalue weighted by atomic mass is 10.2. The van der Waals surface area contributed by atoms with Gasteiger partial charge in [-0.25, -0.2) is 0 Å². The van der Waals surface area contributed by atoms with Gasteiger partial charge in [0.05, 0.1) is 0 Å². The Bertz CT molecular complexity index is 471. The van der Waals surface area contributed by atoms with Gasteiger partial charge in [-0.15, -0.1) is 0 Å². The van der Waals surface area contributed by atoms with Gasteiger partial charge in [-0.05, 0) is 23.8 Å². The van der Waals surface area contributed by atoms with Crippen molar-refractivity contribution in [2.75, 3.05) is 0 Å². The molecule has 1 heteroatoms. The molecular formula is C16H16O. The largest absolute Gasteiger partial charge is 0.462 e. The first-order valence-corrected chi connectivity index (χ1v) is 5.87. The van der Waals surface area contributed by atoms with Crippen molar-refractivity contribution in [1.29, 1.82) is 0 Å². The second-order valence-electron chi connectivity index (χ2n) is 3.79. The van der Waals surface area contributed by atoms with E-state index >= 15 is 0 Å². The van der Waals surface area contributed by atoms with Crippen molar-refractivity contribution in [2.24, 2.45) is 0 Å². The summed E-state index contributed by atoms with van der Waals surface area (Å²) >= 11 is 0. The van der Waals surface area contributed by atoms with E-state index in [1.807, 2.05) is 48.5 Å². The maximum absolute atomic E-state index is 5.83. The molecule has 0 saturated carbocycles. The molecule has 17 heavy (non-hydrogen) atoms. The summed E-state index contributed by atoms with van der Waals surface area (Å²) in [7, 11) is 0. The topological polar surface area (TPSA) is 9.23 Å². The first kappa shape index (κ1) is 11.5. The monoisotopic (exact) mass is 224 g/mol. The summed E-state index contributed by atoms with van der Waals surface area (Å²) in [6.45, 7) is 2.09. The van der Waals surface area contributed by atoms with Gasteiger partial charge in [-0.3, -0.25) is 0 Å². The zero-order chi connectivity index (χ0) is 11.9. The molecule has 0 aliphatic carbocycles. The molecule has 0 bridgehead atoms. The molecule has 0 unspecified atom stereocenters. The molecule has 86 valence electrons. The fourth-order valence-electron chi connectivity index (χ4n) is 1.58. The summed E-state index contributed by atoms with van der Waals surface area (Å²) in [5.41, 5.74) is 1.17. The second kappa shape index (κ2) is 5.90. The number of ether oxygens (including phenoxy) is 1. The van der Waals surface area contributed by atoms with E-state index < -0.39 is 0 Å². The standard InChI is InChI=1S/C16H16O/c1-2-15(13-14-9-5-3-6-10-14)17-16-11-7-4-8-12-16/h3-13H,2H2,1H3. The Kier molecular flexibility index (Phi) is 3.98. The van der Waals surface area contributed by atoms with E-state index in [-0.39, 0.29) is 0 Å². The van der Waals surface area contributed by atoms with E-state index in [2.05, 4.69) is 25.1 Å². The van der Waals surface area contributed by atoms with E-state index in [9.17, 15) is 0 Å². The molecule has 0 heterocycles. The number of allylic oxidation sites excluding steroid dienone is 1. The van der Waals surface area contributed by atoms with Crippen LogP contribution in [0.15, 0.2) is 66.4 Å². The summed E-state index contributed by atoms with van der Waals surface area (Å²) in [5.74, 6) is 1.86. The Labute approximate surface area is 102 Å². The van der Waals surface area contributed by atoms with Gasteiger partial charge >= 0.3 is 0 Å². The number of para-hydroxylation sites is 1. The van der Waals surface area contributed by atoms with Crippen LogP contribution in [-0.2, 0) is 0 Å². The van der Waals surface area contributed by atoms with E-state index in [4.69, 9.17) is 4.74 Å². The van der Waals surface area contributed by atoms with E-state index in [0.29, 0.717) is 0 Å². The van der Waals surface area contributed by atoms with Crippen molar-refractivity contribution in [3.63, 3.8) is 0 Å². The fourth-order valence-corrected chi connectivity index (χ4v) is 1.58. The van der Waals surface area contributed by atoms with Crippen LogP contribution in [0.2, 0.25) is 0 Å². The van der Waals surface area contributed by atoms with Gasteiger partial charge in [-0.2, -0.15) is 0 Å². The summed E-state index contributed by atoms with van der Waals surface area (Å²) < 4.78 is 5.83. The lowest BCUT2D eigenvalue weighted by molar-refractivity contribution is 0.414. The quantitative estimate of drug-likeness (QED) is 0.694. The number of benzene rings is 2. The summed E-state index contributed by atoms with van der Waals surface area (Å²) in [5, 5.41) is 0. The van der Waals surface area contributed by atoms with E-state index in [0.717, 1.165) is 17.9 Å². The second-order valence-corrected chi connectivity index (χ2v) is 3.79. The van der Waals surface area contributed by atoms with Crippen molar-refractivity contribution in [3.8, 4) is 5.75 Å². The molecule has 0 atom stereocenters. The predicted molar refractivity (Wildman–Crippen MR) is 71.8 cm³/mol. The van der Waals surface area contributed by atoms with Crippen LogP contribution < -0.4 is 4.74 Å². The van der Waals surface area contributed by atoms with E-state index in [1.54, 1.807) is 0 Å². The van der Waals surface area contributed by atoms with Gasteiger partial charge in [0.1, 0.15) is 11.5 Å². The van der Waals surface area contributed by atoms with Crippen LogP contribution in [0.5, 0.6) is 5.75 Å². The Hall–Kier alpha value is -2.02. The van der Waals surface area contributed by atoms with Crippen LogP contribution >= 0.6 is 0 Å². The molecule has 1 nitrogen and oxygen atoms in total. The van der Waals surface area contributed by atoms with Crippen LogP contribution in [0.1, 0.15) is 18.9 Å². The van der Waals surface area contributed by atoms with Crippen molar-refractivity contribution >= 4 is 6.08 Å². The summed E-state index contributed by atoms with van der Waals surface area (Å²) in [6, 6.07) is 20.1. The maximum Gasteiger partial charge on any atom is 0.126 e. The van der Waals surface area contributed by atoms with Gasteiger partial charge in [0.15, 0.2) is 0 Å². The van der Waals surface area contributed by atoms with Crippen LogP contribution in [0.4, 0.5) is 0 Å². The molecule has 0 aliphatic heterocycles. The van der Waals surface area contributed by atoms with Crippen molar-refractivity contribution in [1.82, 2.24) is 0 Å². The third kappa shape index (κ3) is 3.49. The fraction of sp³-hybridized carbons (Fsp3) is 0.125. The first-order chi connectivity index (χ1) is 8.38. The molecule has 0 aliphatic rings. The normalized spacial score (nSPS) is 11.2. The van der Waals surface area contributed by atoms with Crippen LogP contribution in [0.25, 0.3) is 6.08 Å².